The van der Waals surface area contributed by atoms with Gasteiger partial charge in [-0.05, 0) is 78.2 Å². The Morgan fingerprint density at radius 2 is 0.648 bits per heavy atom. The van der Waals surface area contributed by atoms with E-state index in [1.54, 1.807) is 0 Å². The molecule has 0 spiro atoms. The molecule has 0 N–H and O–H groups in total. The van der Waals surface area contributed by atoms with Gasteiger partial charge in [0, 0.05) is 5.92 Å². The van der Waals surface area contributed by atoms with Gasteiger partial charge in [0.15, 0.2) is 0 Å². The fraction of sp³-hybridized carbons (Fsp3) is 0.385. The van der Waals surface area contributed by atoms with Crippen molar-refractivity contribution in [1.29, 1.82) is 10.5 Å². The van der Waals surface area contributed by atoms with Crippen LogP contribution in [0.1, 0.15) is 145 Å². The van der Waals surface area contributed by atoms with Crippen LogP contribution in [0, 0.1) is 22.7 Å². The lowest BCUT2D eigenvalue weighted by Gasteiger charge is -2.42. The zero-order valence-corrected chi connectivity index (χ0v) is 34.8. The normalized spacial score (nSPS) is 13.5. The first-order chi connectivity index (χ1) is 25.2. The maximum absolute atomic E-state index is 11.9. The molecule has 5 rings (SSSR count). The highest BCUT2D eigenvalue weighted by atomic mass is 14.5. The van der Waals surface area contributed by atoms with Crippen LogP contribution in [0.15, 0.2) is 127 Å². The molecular weight excluding hydrogens is 653 g/mol. The highest BCUT2D eigenvalue weighted by molar-refractivity contribution is 5.56. The topological polar surface area (TPSA) is 47.6 Å². The van der Waals surface area contributed by atoms with Crippen molar-refractivity contribution in [2.24, 2.45) is 0 Å². The predicted molar refractivity (Wildman–Crippen MR) is 227 cm³/mol. The van der Waals surface area contributed by atoms with E-state index < -0.39 is 16.7 Å². The van der Waals surface area contributed by atoms with E-state index in [4.69, 9.17) is 0 Å². The SMILES string of the molecule is CC(C)(C)c1ccc(C(C#N)(CC(c2ccccc2)C(C#N)(c2ccc(C(C)(C)C)cc2)c2ccc(C(C)(C)C)cc2)c2ccc(C(C)(C)C)cc2)cc1. The quantitative estimate of drug-likeness (QED) is 0.161. The maximum atomic E-state index is 11.9. The van der Waals surface area contributed by atoms with E-state index in [0.29, 0.717) is 6.42 Å². The van der Waals surface area contributed by atoms with Gasteiger partial charge in [0.1, 0.15) is 10.8 Å². The largest absolute Gasteiger partial charge is 0.197 e. The molecule has 1 unspecified atom stereocenters. The summed E-state index contributed by atoms with van der Waals surface area (Å²) in [6.07, 6.45) is 0.382. The van der Waals surface area contributed by atoms with Gasteiger partial charge in [0.2, 0.25) is 0 Å². The summed E-state index contributed by atoms with van der Waals surface area (Å²) in [5.74, 6) is -0.408. The Hall–Kier alpha value is -4.92. The average Bonchev–Trinajstić information content (AvgIpc) is 3.13. The molecule has 2 heteroatoms. The molecule has 0 saturated carbocycles. The fourth-order valence-corrected chi connectivity index (χ4v) is 7.84. The van der Waals surface area contributed by atoms with Gasteiger partial charge >= 0.3 is 0 Å². The summed E-state index contributed by atoms with van der Waals surface area (Å²) >= 11 is 0. The van der Waals surface area contributed by atoms with Gasteiger partial charge in [0.25, 0.3) is 0 Å². The number of benzene rings is 5. The van der Waals surface area contributed by atoms with E-state index in [1.807, 2.05) is 6.07 Å². The molecule has 278 valence electrons. The van der Waals surface area contributed by atoms with Crippen molar-refractivity contribution in [2.45, 2.75) is 128 Å². The zero-order chi connectivity index (χ0) is 39.7. The molecule has 0 aliphatic carbocycles. The standard InChI is InChI=1S/C52H60N2/c1-47(2,3)38-18-26-42(27-19-38)51(35-53,43-28-20-39(21-29-43)48(4,5)6)34-46(37-16-14-13-15-17-37)52(36-54,44-30-22-40(23-31-44)49(7,8)9)45-32-24-41(25-33-45)50(10,11)12/h13-33,46H,34H2,1-12H3. The lowest BCUT2D eigenvalue weighted by Crippen LogP contribution is -2.39. The molecule has 5 aromatic carbocycles. The van der Waals surface area contributed by atoms with Crippen molar-refractivity contribution in [3.63, 3.8) is 0 Å². The van der Waals surface area contributed by atoms with Gasteiger partial charge < -0.3 is 0 Å². The second kappa shape index (κ2) is 14.7. The van der Waals surface area contributed by atoms with Crippen molar-refractivity contribution in [1.82, 2.24) is 0 Å². The highest BCUT2D eigenvalue weighted by Gasteiger charge is 2.49. The van der Waals surface area contributed by atoms with Crippen LogP contribution in [-0.4, -0.2) is 0 Å². The number of nitrogens with zero attached hydrogens (tertiary/aromatic N) is 2. The Morgan fingerprint density at radius 1 is 0.370 bits per heavy atom. The molecule has 0 aliphatic rings. The van der Waals surface area contributed by atoms with Crippen LogP contribution in [0.5, 0.6) is 0 Å². The minimum atomic E-state index is -1.13. The lowest BCUT2D eigenvalue weighted by atomic mass is 9.57. The van der Waals surface area contributed by atoms with E-state index >= 15 is 0 Å². The molecule has 2 nitrogen and oxygen atoms in total. The van der Waals surface area contributed by atoms with Crippen LogP contribution in [0.4, 0.5) is 0 Å². The Labute approximate surface area is 326 Å². The number of rotatable bonds is 8. The van der Waals surface area contributed by atoms with Crippen molar-refractivity contribution in [3.8, 4) is 12.1 Å². The van der Waals surface area contributed by atoms with E-state index in [0.717, 1.165) is 27.8 Å². The summed E-state index contributed by atoms with van der Waals surface area (Å²) in [5, 5.41) is 23.6. The summed E-state index contributed by atoms with van der Waals surface area (Å²) in [6.45, 7) is 26.6. The van der Waals surface area contributed by atoms with Crippen molar-refractivity contribution < 1.29 is 0 Å². The van der Waals surface area contributed by atoms with E-state index in [2.05, 4.69) is 217 Å². The van der Waals surface area contributed by atoms with Crippen molar-refractivity contribution >= 4 is 0 Å². The molecule has 0 heterocycles. The average molecular weight is 713 g/mol. The van der Waals surface area contributed by atoms with E-state index in [1.165, 1.54) is 22.3 Å². The highest BCUT2D eigenvalue weighted by Crippen LogP contribution is 2.52. The second-order valence-electron chi connectivity index (χ2n) is 19.4. The van der Waals surface area contributed by atoms with Crippen LogP contribution in [0.3, 0.4) is 0 Å². The smallest absolute Gasteiger partial charge is 0.114 e. The minimum absolute atomic E-state index is 0.0385. The first-order valence-electron chi connectivity index (χ1n) is 19.5. The van der Waals surface area contributed by atoms with Crippen molar-refractivity contribution in [2.75, 3.05) is 0 Å². The monoisotopic (exact) mass is 712 g/mol. The van der Waals surface area contributed by atoms with Crippen LogP contribution in [-0.2, 0) is 32.5 Å². The summed E-state index contributed by atoms with van der Waals surface area (Å²) in [5.41, 5.74) is 7.20. The molecule has 0 fully saturated rings. The van der Waals surface area contributed by atoms with Gasteiger partial charge in [-0.3, -0.25) is 0 Å². The Kier molecular flexibility index (Phi) is 11.0. The zero-order valence-electron chi connectivity index (χ0n) is 34.8. The van der Waals surface area contributed by atoms with E-state index in [-0.39, 0.29) is 21.7 Å². The molecule has 0 amide bonds. The third kappa shape index (κ3) is 7.96. The molecule has 0 bridgehead atoms. The molecule has 0 aromatic heterocycles. The van der Waals surface area contributed by atoms with Crippen LogP contribution in [0.2, 0.25) is 0 Å². The predicted octanol–water partition coefficient (Wildman–Crippen LogP) is 13.4. The third-order valence-electron chi connectivity index (χ3n) is 11.5. The molecule has 0 aliphatic heterocycles. The fourth-order valence-electron chi connectivity index (χ4n) is 7.84. The summed E-state index contributed by atoms with van der Waals surface area (Å²) < 4.78 is 0. The Bertz CT molecular complexity index is 1980. The third-order valence-corrected chi connectivity index (χ3v) is 11.5. The maximum Gasteiger partial charge on any atom is 0.114 e. The summed E-state index contributed by atoms with van der Waals surface area (Å²) in [6, 6.07) is 50.9. The molecule has 0 radical (unpaired) electrons. The van der Waals surface area contributed by atoms with Crippen molar-refractivity contribution in [3.05, 3.63) is 177 Å². The van der Waals surface area contributed by atoms with Gasteiger partial charge in [-0.25, -0.2) is 0 Å². The Morgan fingerprint density at radius 3 is 0.907 bits per heavy atom. The van der Waals surface area contributed by atoms with Gasteiger partial charge in [-0.2, -0.15) is 10.5 Å². The molecule has 0 saturated heterocycles. The first kappa shape index (κ1) is 40.3. The summed E-state index contributed by atoms with van der Waals surface area (Å²) in [4.78, 5) is 0. The Balaban J connectivity index is 1.86. The van der Waals surface area contributed by atoms with Crippen LogP contribution >= 0.6 is 0 Å². The number of nitriles is 2. The molecule has 1 atom stereocenters. The first-order valence-corrected chi connectivity index (χ1v) is 19.5. The molecular formula is C52H60N2. The minimum Gasteiger partial charge on any atom is -0.197 e. The number of hydrogen-bond acceptors (Lipinski definition) is 2. The van der Waals surface area contributed by atoms with Gasteiger partial charge in [-0.1, -0.05) is 210 Å². The second-order valence-corrected chi connectivity index (χ2v) is 19.4. The molecule has 5 aromatic rings. The molecule has 54 heavy (non-hydrogen) atoms. The van der Waals surface area contributed by atoms with Gasteiger partial charge in [-0.15, -0.1) is 0 Å². The lowest BCUT2D eigenvalue weighted by molar-refractivity contribution is 0.414. The van der Waals surface area contributed by atoms with E-state index in [9.17, 15) is 10.5 Å². The number of hydrogen-bond donors (Lipinski definition) is 0. The summed E-state index contributed by atoms with van der Waals surface area (Å²) in [7, 11) is 0. The van der Waals surface area contributed by atoms with Crippen LogP contribution < -0.4 is 0 Å². The van der Waals surface area contributed by atoms with Crippen LogP contribution in [0.25, 0.3) is 0 Å². The van der Waals surface area contributed by atoms with Gasteiger partial charge in [0.05, 0.1) is 12.1 Å².